The van der Waals surface area contributed by atoms with Crippen molar-refractivity contribution < 1.29 is 71.8 Å². The molecule has 10 atom stereocenters. The molecule has 23 nitrogen and oxygen atoms in total. The van der Waals surface area contributed by atoms with Gasteiger partial charge in [0, 0.05) is 38.8 Å². The van der Waals surface area contributed by atoms with Crippen LogP contribution in [-0.4, -0.2) is 150 Å². The van der Waals surface area contributed by atoms with Crippen LogP contribution in [0.4, 0.5) is 4.79 Å². The van der Waals surface area contributed by atoms with E-state index in [1.54, 1.807) is 0 Å². The van der Waals surface area contributed by atoms with Gasteiger partial charge in [-0.2, -0.15) is 0 Å². The van der Waals surface area contributed by atoms with Crippen LogP contribution in [0.15, 0.2) is 4.99 Å². The van der Waals surface area contributed by atoms with Gasteiger partial charge in [-0.3, -0.25) is 19.2 Å². The third-order valence-electron chi connectivity index (χ3n) is 9.12. The van der Waals surface area contributed by atoms with Crippen molar-refractivity contribution in [2.24, 2.45) is 10.7 Å². The highest BCUT2D eigenvalue weighted by molar-refractivity contribution is 5.93. The number of nitrogens with zero attached hydrogens (tertiary/aromatic N) is 2. The second-order valence-electron chi connectivity index (χ2n) is 13.7. The van der Waals surface area contributed by atoms with Crippen LogP contribution < -0.4 is 60.6 Å². The van der Waals surface area contributed by atoms with E-state index in [9.17, 15) is 39.4 Å². The highest BCUT2D eigenvalue weighted by Crippen LogP contribution is 2.24. The summed E-state index contributed by atoms with van der Waals surface area (Å²) in [6.07, 6.45) is -2.97. The van der Waals surface area contributed by atoms with Gasteiger partial charge in [-0.25, -0.2) is 9.79 Å². The minimum absolute atomic E-state index is 0.00353. The van der Waals surface area contributed by atoms with Gasteiger partial charge in [0.25, 0.3) is 0 Å². The summed E-state index contributed by atoms with van der Waals surface area (Å²) in [5.74, 6) is -1.12. The highest BCUT2D eigenvalue weighted by Gasteiger charge is 2.49. The van der Waals surface area contributed by atoms with Crippen LogP contribution >= 0.6 is 0 Å². The summed E-state index contributed by atoms with van der Waals surface area (Å²) in [5, 5.41) is 48.6. The summed E-state index contributed by atoms with van der Waals surface area (Å²) in [4.78, 5) is 65.7. The van der Waals surface area contributed by atoms with Gasteiger partial charge in [-0.05, 0) is 12.8 Å². The van der Waals surface area contributed by atoms with Gasteiger partial charge in [0.2, 0.25) is 23.6 Å². The number of nitrogens with one attached hydrogen (secondary N) is 6. The van der Waals surface area contributed by atoms with Crippen molar-refractivity contribution in [3.63, 3.8) is 0 Å². The zero-order valence-corrected chi connectivity index (χ0v) is 30.2. The molecule has 3 heterocycles. The topological polar surface area (TPSA) is 389 Å². The maximum atomic E-state index is 13.1. The summed E-state index contributed by atoms with van der Waals surface area (Å²) >= 11 is 0. The Morgan fingerprint density at radius 3 is 2.08 bits per heavy atom. The molecule has 3 aliphatic rings. The molecule has 23 heteroatoms. The number of primary amides is 1. The Bertz CT molecular complexity index is 1270. The lowest BCUT2D eigenvalue weighted by molar-refractivity contribution is -0.425. The lowest BCUT2D eigenvalue weighted by atomic mass is 9.95. The molecule has 2 fully saturated rings. The predicted molar refractivity (Wildman–Crippen MR) is 181 cm³/mol. The number of rotatable bonds is 21. The Balaban J connectivity index is 1.42. The van der Waals surface area contributed by atoms with Crippen molar-refractivity contribution in [2.75, 3.05) is 32.9 Å². The number of hydrogen-bond acceptors (Lipinski definition) is 14. The Hall–Kier alpha value is -3.94. The lowest BCUT2D eigenvalue weighted by Gasteiger charge is -2.44. The minimum atomic E-state index is -1.61. The van der Waals surface area contributed by atoms with Gasteiger partial charge in [0.05, 0.1) is 57.2 Å². The average molecular weight is 764 g/mol. The van der Waals surface area contributed by atoms with Crippen LogP contribution in [0.2, 0.25) is 0 Å². The number of aliphatic hydroxyl groups is 2. The maximum absolute atomic E-state index is 13.1. The third-order valence-corrected chi connectivity index (χ3v) is 9.12. The number of fused-ring (bicyclic) bond motifs is 1. The van der Waals surface area contributed by atoms with Crippen molar-refractivity contribution in [3.05, 3.63) is 0 Å². The van der Waals surface area contributed by atoms with Gasteiger partial charge in [-0.15, -0.1) is 5.06 Å². The van der Waals surface area contributed by atoms with E-state index >= 15 is 0 Å². The monoisotopic (exact) mass is 763 g/mol. The van der Waals surface area contributed by atoms with Crippen molar-refractivity contribution >= 4 is 35.7 Å². The van der Waals surface area contributed by atoms with Crippen LogP contribution in [-0.2, 0) is 28.7 Å². The van der Waals surface area contributed by atoms with Gasteiger partial charge < -0.3 is 85.5 Å². The molecule has 0 spiro atoms. The summed E-state index contributed by atoms with van der Waals surface area (Å²) in [7, 11) is 0. The van der Waals surface area contributed by atoms with E-state index < -0.39 is 67.3 Å². The molecular weight excluding hydrogens is 702 g/mol. The maximum Gasteiger partial charge on any atom is 0.404 e. The number of quaternary nitrogens is 4. The first kappa shape index (κ1) is 43.5. The largest absolute Gasteiger partial charge is 0.441 e. The van der Waals surface area contributed by atoms with Gasteiger partial charge in [0.15, 0.2) is 24.5 Å². The Labute approximate surface area is 306 Å². The Kier molecular flexibility index (Phi) is 17.8. The molecule has 53 heavy (non-hydrogen) atoms. The number of hydroxylamine groups is 2. The van der Waals surface area contributed by atoms with Crippen molar-refractivity contribution in [3.8, 4) is 0 Å². The average Bonchev–Trinajstić information content (AvgIpc) is 3.53. The first-order valence-corrected chi connectivity index (χ1v) is 18.1. The van der Waals surface area contributed by atoms with Gasteiger partial charge in [-0.1, -0.05) is 0 Å². The van der Waals surface area contributed by atoms with E-state index in [1.165, 1.54) is 0 Å². The molecule has 0 aliphatic carbocycles. The molecule has 6 unspecified atom stereocenters. The van der Waals surface area contributed by atoms with Crippen LogP contribution in [0.3, 0.4) is 0 Å². The molecule has 2 saturated heterocycles. The molecule has 0 aromatic heterocycles. The van der Waals surface area contributed by atoms with E-state index in [0.29, 0.717) is 45.2 Å². The molecular formula is C30H61N13O10+4. The SMILES string of the molecule is NC(=O)O[C@H]1[C@@H](CO)O[C@@H](NC2=NC3C(N2)C(=O)NCN3O)C(NC(=O)CC([NH3+])CCCNC(=O)CC([NH3+])CCCNC(=O)CC([NH3+])CCC[NH3+])[C@@H]1O. The molecule has 3 rings (SSSR count). The molecule has 3 aliphatic heterocycles. The zero-order chi connectivity index (χ0) is 39.1. The second kappa shape index (κ2) is 21.7. The number of carbonyl (C=O) groups excluding carboxylic acids is 5. The fourth-order valence-electron chi connectivity index (χ4n) is 6.30. The molecule has 0 saturated carbocycles. The van der Waals surface area contributed by atoms with E-state index in [0.717, 1.165) is 24.4 Å². The molecule has 0 radical (unpaired) electrons. The van der Waals surface area contributed by atoms with E-state index in [1.807, 2.05) is 0 Å². The number of amides is 5. The molecule has 0 aromatic carbocycles. The normalized spacial score (nSPS) is 27.2. The quantitative estimate of drug-likeness (QED) is 0.0484. The molecule has 0 bridgehead atoms. The first-order chi connectivity index (χ1) is 25.2. The summed E-state index contributed by atoms with van der Waals surface area (Å²) in [5.41, 5.74) is 21.1. The second-order valence-corrected chi connectivity index (χ2v) is 13.7. The zero-order valence-electron chi connectivity index (χ0n) is 30.2. The van der Waals surface area contributed by atoms with Crippen molar-refractivity contribution in [1.82, 2.24) is 37.0 Å². The number of nitrogens with two attached hydrogens (primary N) is 1. The van der Waals surface area contributed by atoms with Crippen LogP contribution in [0, 0.1) is 0 Å². The summed E-state index contributed by atoms with van der Waals surface area (Å²) in [6.45, 7) is 0.870. The summed E-state index contributed by atoms with van der Waals surface area (Å²) < 4.78 is 10.9. The molecule has 23 N–H and O–H groups in total. The highest BCUT2D eigenvalue weighted by atomic mass is 16.6. The first-order valence-electron chi connectivity index (χ1n) is 18.1. The van der Waals surface area contributed by atoms with E-state index in [-0.39, 0.29) is 55.4 Å². The number of hydrogen-bond donors (Lipinski definition) is 14. The minimum Gasteiger partial charge on any atom is -0.441 e. The predicted octanol–water partition coefficient (Wildman–Crippen LogP) is -9.15. The number of aliphatic hydroxyl groups excluding tert-OH is 2. The van der Waals surface area contributed by atoms with Crippen molar-refractivity contribution in [1.29, 1.82) is 0 Å². The van der Waals surface area contributed by atoms with E-state index in [4.69, 9.17) is 15.2 Å². The molecule has 302 valence electrons. The lowest BCUT2D eigenvalue weighted by Crippen LogP contribution is -2.70. The third kappa shape index (κ3) is 14.1. The van der Waals surface area contributed by atoms with Crippen LogP contribution in [0.1, 0.15) is 57.8 Å². The number of carbonyl (C=O) groups is 5. The Morgan fingerprint density at radius 2 is 1.55 bits per heavy atom. The Morgan fingerprint density at radius 1 is 0.981 bits per heavy atom. The number of guanidine groups is 1. The number of ether oxygens (including phenoxy) is 2. The smallest absolute Gasteiger partial charge is 0.404 e. The standard InChI is InChI=1S/C30H57N13O10/c31-7-1-4-15(32)10-19(45)36-8-2-5-16(33)11-20(46)37-9-3-6-17(34)12-21(47)39-22-24(48)25(53-29(35)50)18(13-44)52-28(22)42-30-40-23-26(41-30)43(51)14-38-27(23)49/h15-18,22-26,28,44,48,51H,1-14,31-34H2,(H2,35,50)(H,36,45)(H,37,46)(H,38,49)(H,39,47)(H2,40,41,42)/p+4/t15?,16?,17?,18-,22?,23?,24+,25+,26?,28-/m1/s1. The number of aliphatic imine (C=N–C) groups is 1. The van der Waals surface area contributed by atoms with Crippen LogP contribution in [0.25, 0.3) is 0 Å². The summed E-state index contributed by atoms with van der Waals surface area (Å²) in [6, 6.07) is -2.63. The fourth-order valence-corrected chi connectivity index (χ4v) is 6.30. The van der Waals surface area contributed by atoms with Crippen LogP contribution in [0.5, 0.6) is 0 Å². The van der Waals surface area contributed by atoms with Gasteiger partial charge >= 0.3 is 6.09 Å². The van der Waals surface area contributed by atoms with E-state index in [2.05, 4.69) is 59.8 Å². The molecule has 5 amide bonds. The fraction of sp³-hybridized carbons (Fsp3) is 0.800. The molecule has 0 aromatic rings. The van der Waals surface area contributed by atoms with Gasteiger partial charge in [0.1, 0.15) is 24.3 Å². The van der Waals surface area contributed by atoms with Crippen molar-refractivity contribution in [2.45, 2.75) is 119 Å².